The largest absolute Gasteiger partial charge is 0.496 e. The van der Waals surface area contributed by atoms with E-state index < -0.39 is 0 Å². The minimum Gasteiger partial charge on any atom is -0.496 e. The molecule has 54 valence electrons. The highest BCUT2D eigenvalue weighted by Gasteiger charge is 1.96. The van der Waals surface area contributed by atoms with Crippen LogP contribution in [0, 0.1) is 0 Å². The Hall–Kier alpha value is -0.200. The average Bonchev–Trinajstić information content (AvgIpc) is 2.04. The van der Waals surface area contributed by atoms with E-state index in [0.29, 0.717) is 0 Å². The van der Waals surface area contributed by atoms with Crippen LogP contribution in [0.1, 0.15) is 0 Å². The van der Waals surface area contributed by atoms with Gasteiger partial charge in [0, 0.05) is 0 Å². The second kappa shape index (κ2) is 3.85. The molecule has 0 aliphatic rings. The zero-order valence-electron chi connectivity index (χ0n) is 5.70. The molecule has 0 amide bonds. The van der Waals surface area contributed by atoms with Crippen molar-refractivity contribution in [2.75, 3.05) is 7.11 Å². The number of rotatable bonds is 2. The number of para-hydroxylation sites is 1. The lowest BCUT2D eigenvalue weighted by Gasteiger charge is -2.02. The Morgan fingerprint density at radius 3 is 2.60 bits per heavy atom. The smallest absolute Gasteiger partial charge is 0.132 e. The van der Waals surface area contributed by atoms with E-state index in [-0.39, 0.29) is 0 Å². The molecule has 0 spiro atoms. The van der Waals surface area contributed by atoms with Gasteiger partial charge in [-0.2, -0.15) is 0 Å². The van der Waals surface area contributed by atoms with Gasteiger partial charge in [0.15, 0.2) is 0 Å². The molecule has 0 N–H and O–H groups in total. The maximum Gasteiger partial charge on any atom is 0.132 e. The highest BCUT2D eigenvalue weighted by molar-refractivity contribution is 8.43. The number of hydrogen-bond acceptors (Lipinski definition) is 2. The summed E-state index contributed by atoms with van der Waals surface area (Å²) in [7, 11) is 4.27. The Balaban J connectivity index is 2.96. The first-order valence-corrected chi connectivity index (χ1v) is 5.17. The van der Waals surface area contributed by atoms with E-state index in [4.69, 9.17) is 4.74 Å². The standard InChI is InChI=1S/C7H9OPS/c1-8-6-4-2-3-5-7(6)10-9/h2-5H,9H2,1H3. The molecule has 1 atom stereocenters. The van der Waals surface area contributed by atoms with E-state index in [1.165, 1.54) is 0 Å². The van der Waals surface area contributed by atoms with Crippen molar-refractivity contribution in [2.24, 2.45) is 0 Å². The van der Waals surface area contributed by atoms with E-state index in [1.54, 1.807) is 18.5 Å². The second-order valence-electron chi connectivity index (χ2n) is 1.77. The van der Waals surface area contributed by atoms with Gasteiger partial charge in [-0.25, -0.2) is 0 Å². The lowest BCUT2D eigenvalue weighted by atomic mass is 10.3. The van der Waals surface area contributed by atoms with Gasteiger partial charge in [0.1, 0.15) is 5.75 Å². The number of benzene rings is 1. The topological polar surface area (TPSA) is 9.23 Å². The summed E-state index contributed by atoms with van der Waals surface area (Å²) in [6, 6.07) is 7.93. The minimum atomic E-state index is 0.933. The van der Waals surface area contributed by atoms with Crippen LogP contribution in [-0.4, -0.2) is 7.11 Å². The molecule has 0 aliphatic heterocycles. The van der Waals surface area contributed by atoms with Crippen LogP contribution in [0.3, 0.4) is 0 Å². The first-order chi connectivity index (χ1) is 4.88. The van der Waals surface area contributed by atoms with Crippen LogP contribution in [0.25, 0.3) is 0 Å². The quantitative estimate of drug-likeness (QED) is 0.634. The van der Waals surface area contributed by atoms with Gasteiger partial charge in [0.2, 0.25) is 0 Å². The molecule has 10 heavy (non-hydrogen) atoms. The van der Waals surface area contributed by atoms with Gasteiger partial charge < -0.3 is 4.74 Å². The third-order valence-electron chi connectivity index (χ3n) is 1.20. The number of methoxy groups -OCH3 is 1. The molecular weight excluding hydrogens is 163 g/mol. The van der Waals surface area contributed by atoms with Crippen LogP contribution in [0.2, 0.25) is 0 Å². The molecule has 1 nitrogen and oxygen atoms in total. The van der Waals surface area contributed by atoms with Gasteiger partial charge in [0.05, 0.1) is 12.0 Å². The lowest BCUT2D eigenvalue weighted by Crippen LogP contribution is -1.82. The van der Waals surface area contributed by atoms with Crippen LogP contribution < -0.4 is 4.74 Å². The van der Waals surface area contributed by atoms with Crippen LogP contribution in [0.15, 0.2) is 29.2 Å². The Kier molecular flexibility index (Phi) is 3.04. The average molecular weight is 172 g/mol. The Morgan fingerprint density at radius 1 is 1.40 bits per heavy atom. The van der Waals surface area contributed by atoms with Crippen molar-refractivity contribution in [3.05, 3.63) is 24.3 Å². The summed E-state index contributed by atoms with van der Waals surface area (Å²) in [6.45, 7) is 0. The molecule has 0 radical (unpaired) electrons. The van der Waals surface area contributed by atoms with E-state index in [1.807, 2.05) is 24.3 Å². The Morgan fingerprint density at radius 2 is 2.10 bits per heavy atom. The van der Waals surface area contributed by atoms with E-state index in [0.717, 1.165) is 10.6 Å². The molecule has 1 rings (SSSR count). The molecule has 0 heterocycles. The monoisotopic (exact) mass is 172 g/mol. The molecule has 1 aromatic carbocycles. The normalized spacial score (nSPS) is 9.40. The molecule has 0 saturated carbocycles. The fourth-order valence-electron chi connectivity index (χ4n) is 0.716. The zero-order valence-corrected chi connectivity index (χ0v) is 7.67. The van der Waals surface area contributed by atoms with Crippen molar-refractivity contribution in [2.45, 2.75) is 4.90 Å². The molecule has 1 unspecified atom stereocenters. The molecular formula is C7H9OPS. The van der Waals surface area contributed by atoms with Gasteiger partial charge in [-0.1, -0.05) is 20.6 Å². The molecule has 0 fully saturated rings. The van der Waals surface area contributed by atoms with Gasteiger partial charge in [-0.3, -0.25) is 0 Å². The summed E-state index contributed by atoms with van der Waals surface area (Å²) in [4.78, 5) is 1.15. The summed E-state index contributed by atoms with van der Waals surface area (Å²) < 4.78 is 5.10. The first kappa shape index (κ1) is 7.90. The van der Waals surface area contributed by atoms with Crippen LogP contribution in [0.4, 0.5) is 0 Å². The molecule has 0 aliphatic carbocycles. The predicted molar refractivity (Wildman–Crippen MR) is 48.6 cm³/mol. The van der Waals surface area contributed by atoms with Gasteiger partial charge in [-0.05, 0) is 12.1 Å². The zero-order chi connectivity index (χ0) is 7.40. The third-order valence-corrected chi connectivity index (χ3v) is 2.55. The van der Waals surface area contributed by atoms with Crippen molar-refractivity contribution < 1.29 is 4.74 Å². The van der Waals surface area contributed by atoms with E-state index in [9.17, 15) is 0 Å². The summed E-state index contributed by atoms with van der Waals surface area (Å²) in [5, 5.41) is 0. The van der Waals surface area contributed by atoms with Crippen molar-refractivity contribution >= 4 is 19.8 Å². The highest BCUT2D eigenvalue weighted by Crippen LogP contribution is 2.32. The maximum absolute atomic E-state index is 5.10. The first-order valence-electron chi connectivity index (χ1n) is 2.88. The molecule has 3 heteroatoms. The van der Waals surface area contributed by atoms with Crippen molar-refractivity contribution in [1.29, 1.82) is 0 Å². The van der Waals surface area contributed by atoms with Crippen molar-refractivity contribution in [3.8, 4) is 5.75 Å². The molecule has 1 aromatic rings. The summed E-state index contributed by atoms with van der Waals surface area (Å²) in [5.41, 5.74) is 0. The van der Waals surface area contributed by atoms with E-state index in [2.05, 4.69) is 8.44 Å². The van der Waals surface area contributed by atoms with Crippen molar-refractivity contribution in [1.82, 2.24) is 0 Å². The van der Waals surface area contributed by atoms with Crippen molar-refractivity contribution in [3.63, 3.8) is 0 Å². The van der Waals surface area contributed by atoms with Crippen LogP contribution in [0.5, 0.6) is 5.75 Å². The predicted octanol–water partition coefficient (Wildman–Crippen LogP) is 2.58. The lowest BCUT2D eigenvalue weighted by molar-refractivity contribution is 0.405. The van der Waals surface area contributed by atoms with E-state index >= 15 is 0 Å². The summed E-state index contributed by atoms with van der Waals surface area (Å²) in [5.74, 6) is 0.933. The fraction of sp³-hybridized carbons (Fsp3) is 0.143. The second-order valence-corrected chi connectivity index (χ2v) is 3.15. The Labute approximate surface area is 67.1 Å². The molecule has 0 aromatic heterocycles. The minimum absolute atomic E-state index is 0.933. The highest BCUT2D eigenvalue weighted by atomic mass is 32.7. The van der Waals surface area contributed by atoms with Crippen LogP contribution >= 0.6 is 19.8 Å². The van der Waals surface area contributed by atoms with Gasteiger partial charge in [0.25, 0.3) is 0 Å². The van der Waals surface area contributed by atoms with Gasteiger partial charge >= 0.3 is 0 Å². The number of hydrogen-bond donors (Lipinski definition) is 0. The summed E-state index contributed by atoms with van der Waals surface area (Å²) in [6.07, 6.45) is 0. The van der Waals surface area contributed by atoms with Gasteiger partial charge in [-0.15, -0.1) is 11.4 Å². The molecule has 0 bridgehead atoms. The fourth-order valence-corrected chi connectivity index (χ4v) is 1.72. The molecule has 0 saturated heterocycles. The van der Waals surface area contributed by atoms with Crippen LogP contribution in [-0.2, 0) is 0 Å². The Bertz CT molecular complexity index is 192. The SMILES string of the molecule is COc1ccccc1SP. The third kappa shape index (κ3) is 1.65. The number of ether oxygens (including phenoxy) is 1. The maximum atomic E-state index is 5.10. The summed E-state index contributed by atoms with van der Waals surface area (Å²) >= 11 is 1.61.